The van der Waals surface area contributed by atoms with Crippen LogP contribution in [0.15, 0.2) is 0 Å². The van der Waals surface area contributed by atoms with E-state index in [0.29, 0.717) is 6.04 Å². The van der Waals surface area contributed by atoms with Crippen molar-refractivity contribution in [1.29, 1.82) is 0 Å². The van der Waals surface area contributed by atoms with Crippen LogP contribution in [0.1, 0.15) is 19.8 Å². The molecule has 1 saturated carbocycles. The van der Waals surface area contributed by atoms with Crippen LogP contribution < -0.4 is 5.32 Å². The van der Waals surface area contributed by atoms with Crippen LogP contribution in [0.5, 0.6) is 0 Å². The van der Waals surface area contributed by atoms with Gasteiger partial charge in [0, 0.05) is 31.6 Å². The molecule has 0 spiro atoms. The molecule has 3 rings (SSSR count). The summed E-state index contributed by atoms with van der Waals surface area (Å²) < 4.78 is 14.3. The van der Waals surface area contributed by atoms with Crippen molar-refractivity contribution in [2.75, 3.05) is 19.6 Å². The SMILES string of the molecule is CC1(F)C2CNCC1N(C1CC1)C2. The highest BCUT2D eigenvalue weighted by Gasteiger charge is 2.56. The molecule has 2 heterocycles. The Kier molecular flexibility index (Phi) is 1.54. The van der Waals surface area contributed by atoms with Gasteiger partial charge in [-0.25, -0.2) is 4.39 Å². The van der Waals surface area contributed by atoms with Gasteiger partial charge in [-0.2, -0.15) is 0 Å². The first-order chi connectivity index (χ1) is 6.19. The van der Waals surface area contributed by atoms with Gasteiger partial charge in [0.1, 0.15) is 5.67 Å². The maximum Gasteiger partial charge on any atom is 0.130 e. The number of rotatable bonds is 1. The van der Waals surface area contributed by atoms with E-state index in [-0.39, 0.29) is 12.0 Å². The Morgan fingerprint density at radius 1 is 1.38 bits per heavy atom. The molecule has 2 saturated heterocycles. The van der Waals surface area contributed by atoms with Crippen molar-refractivity contribution in [2.45, 2.75) is 37.5 Å². The zero-order chi connectivity index (χ0) is 9.05. The van der Waals surface area contributed by atoms with E-state index >= 15 is 0 Å². The van der Waals surface area contributed by atoms with Gasteiger partial charge in [-0.15, -0.1) is 0 Å². The highest BCUT2D eigenvalue weighted by Crippen LogP contribution is 2.44. The maximum absolute atomic E-state index is 14.3. The van der Waals surface area contributed by atoms with E-state index < -0.39 is 5.67 Å². The molecule has 1 N–H and O–H groups in total. The second kappa shape index (κ2) is 2.45. The van der Waals surface area contributed by atoms with Gasteiger partial charge in [-0.3, -0.25) is 4.90 Å². The van der Waals surface area contributed by atoms with E-state index in [4.69, 9.17) is 0 Å². The summed E-state index contributed by atoms with van der Waals surface area (Å²) in [4.78, 5) is 2.41. The van der Waals surface area contributed by atoms with Gasteiger partial charge in [0.2, 0.25) is 0 Å². The lowest BCUT2D eigenvalue weighted by Crippen LogP contribution is -2.54. The molecule has 0 aromatic heterocycles. The number of hydrogen-bond donors (Lipinski definition) is 1. The van der Waals surface area contributed by atoms with Gasteiger partial charge in [0.25, 0.3) is 0 Å². The molecule has 74 valence electrons. The van der Waals surface area contributed by atoms with Crippen LogP contribution in [0.3, 0.4) is 0 Å². The van der Waals surface area contributed by atoms with E-state index in [2.05, 4.69) is 10.2 Å². The smallest absolute Gasteiger partial charge is 0.130 e. The second-order valence-corrected chi connectivity index (χ2v) is 4.95. The van der Waals surface area contributed by atoms with Gasteiger partial charge in [0.15, 0.2) is 0 Å². The molecule has 3 atom stereocenters. The molecule has 2 aliphatic heterocycles. The van der Waals surface area contributed by atoms with Gasteiger partial charge in [-0.05, 0) is 19.8 Å². The zero-order valence-corrected chi connectivity index (χ0v) is 8.09. The molecule has 0 radical (unpaired) electrons. The van der Waals surface area contributed by atoms with Crippen LogP contribution in [0.2, 0.25) is 0 Å². The van der Waals surface area contributed by atoms with Crippen molar-refractivity contribution in [2.24, 2.45) is 5.92 Å². The molecule has 3 aliphatic rings. The monoisotopic (exact) mass is 184 g/mol. The minimum absolute atomic E-state index is 0.152. The van der Waals surface area contributed by atoms with Crippen molar-refractivity contribution < 1.29 is 4.39 Å². The van der Waals surface area contributed by atoms with Crippen LogP contribution in [-0.4, -0.2) is 42.3 Å². The van der Waals surface area contributed by atoms with E-state index in [9.17, 15) is 4.39 Å². The summed E-state index contributed by atoms with van der Waals surface area (Å²) in [5, 5.41) is 3.33. The van der Waals surface area contributed by atoms with Gasteiger partial charge in [0.05, 0.1) is 6.04 Å². The molecule has 3 unspecified atom stereocenters. The Hall–Kier alpha value is -0.150. The average molecular weight is 184 g/mol. The number of piperidine rings is 1. The number of nitrogens with one attached hydrogen (secondary N) is 1. The molecule has 3 fully saturated rings. The quantitative estimate of drug-likeness (QED) is 0.648. The van der Waals surface area contributed by atoms with Crippen LogP contribution in [0.25, 0.3) is 0 Å². The van der Waals surface area contributed by atoms with Crippen LogP contribution in [0.4, 0.5) is 4.39 Å². The minimum atomic E-state index is -0.937. The number of halogens is 1. The lowest BCUT2D eigenvalue weighted by atomic mass is 9.86. The summed E-state index contributed by atoms with van der Waals surface area (Å²) in [6.07, 6.45) is 2.58. The first-order valence-electron chi connectivity index (χ1n) is 5.35. The van der Waals surface area contributed by atoms with Gasteiger partial charge >= 0.3 is 0 Å². The first-order valence-corrected chi connectivity index (χ1v) is 5.35. The summed E-state index contributed by atoms with van der Waals surface area (Å²) in [5.41, 5.74) is -0.937. The lowest BCUT2D eigenvalue weighted by molar-refractivity contribution is 0.0622. The third-order valence-electron chi connectivity index (χ3n) is 4.03. The van der Waals surface area contributed by atoms with Crippen molar-refractivity contribution in [1.82, 2.24) is 10.2 Å². The van der Waals surface area contributed by atoms with E-state index in [1.165, 1.54) is 12.8 Å². The molecule has 0 aromatic rings. The average Bonchev–Trinajstić information content (AvgIpc) is 2.87. The summed E-state index contributed by atoms with van der Waals surface area (Å²) in [7, 11) is 0. The second-order valence-electron chi connectivity index (χ2n) is 4.95. The highest BCUT2D eigenvalue weighted by molar-refractivity contribution is 5.10. The van der Waals surface area contributed by atoms with Crippen LogP contribution in [0, 0.1) is 5.92 Å². The Bertz CT molecular complexity index is 225. The fourth-order valence-electron chi connectivity index (χ4n) is 2.94. The Morgan fingerprint density at radius 2 is 2.15 bits per heavy atom. The largest absolute Gasteiger partial charge is 0.315 e. The predicted octanol–water partition coefficient (Wildman–Crippen LogP) is 0.781. The fourth-order valence-corrected chi connectivity index (χ4v) is 2.94. The molecule has 3 heteroatoms. The Labute approximate surface area is 78.5 Å². The Morgan fingerprint density at radius 3 is 2.77 bits per heavy atom. The summed E-state index contributed by atoms with van der Waals surface area (Å²) >= 11 is 0. The molecule has 2 bridgehead atoms. The highest BCUT2D eigenvalue weighted by atomic mass is 19.1. The number of fused-ring (bicyclic) bond motifs is 2. The summed E-state index contributed by atoms with van der Waals surface area (Å²) in [6, 6.07) is 0.865. The molecule has 13 heavy (non-hydrogen) atoms. The topological polar surface area (TPSA) is 15.3 Å². The maximum atomic E-state index is 14.3. The lowest BCUT2D eigenvalue weighted by Gasteiger charge is -2.35. The number of alkyl halides is 1. The van der Waals surface area contributed by atoms with Crippen LogP contribution >= 0.6 is 0 Å². The van der Waals surface area contributed by atoms with Crippen molar-refractivity contribution >= 4 is 0 Å². The van der Waals surface area contributed by atoms with Crippen LogP contribution in [-0.2, 0) is 0 Å². The fraction of sp³-hybridized carbons (Fsp3) is 1.00. The molecule has 0 amide bonds. The van der Waals surface area contributed by atoms with Gasteiger partial charge in [-0.1, -0.05) is 0 Å². The Balaban J connectivity index is 1.87. The summed E-state index contributed by atoms with van der Waals surface area (Å²) in [5.74, 6) is 0.229. The first kappa shape index (κ1) is 8.18. The van der Waals surface area contributed by atoms with E-state index in [1.807, 2.05) is 0 Å². The molecular formula is C10H17FN2. The van der Waals surface area contributed by atoms with Gasteiger partial charge < -0.3 is 5.32 Å². The number of likely N-dealkylation sites (tertiary alicyclic amines) is 1. The molecule has 1 aliphatic carbocycles. The molecular weight excluding hydrogens is 167 g/mol. The third-order valence-corrected chi connectivity index (χ3v) is 4.03. The van der Waals surface area contributed by atoms with Crippen molar-refractivity contribution in [3.63, 3.8) is 0 Å². The van der Waals surface area contributed by atoms with E-state index in [0.717, 1.165) is 19.6 Å². The minimum Gasteiger partial charge on any atom is -0.315 e. The van der Waals surface area contributed by atoms with E-state index in [1.54, 1.807) is 6.92 Å². The predicted molar refractivity (Wildman–Crippen MR) is 49.4 cm³/mol. The summed E-state index contributed by atoms with van der Waals surface area (Å²) in [6.45, 7) is 4.49. The number of nitrogens with zero attached hydrogens (tertiary/aromatic N) is 1. The van der Waals surface area contributed by atoms with Crippen molar-refractivity contribution in [3.05, 3.63) is 0 Å². The number of hydrogen-bond acceptors (Lipinski definition) is 2. The standard InChI is InChI=1S/C10H17FN2/c1-10(11)7-4-12-5-9(10)13(6-7)8-2-3-8/h7-9,12H,2-6H2,1H3. The van der Waals surface area contributed by atoms with Crippen molar-refractivity contribution in [3.8, 4) is 0 Å². The third kappa shape index (κ3) is 1.07. The zero-order valence-electron chi connectivity index (χ0n) is 8.09. The normalized spacial score (nSPS) is 51.2. The molecule has 0 aromatic carbocycles. The molecule has 2 nitrogen and oxygen atoms in total.